The van der Waals surface area contributed by atoms with E-state index in [0.29, 0.717) is 6.54 Å². The third-order valence-electron chi connectivity index (χ3n) is 3.11. The molecule has 1 atom stereocenters. The molecule has 1 aromatic heterocycles. The largest absolute Gasteiger partial charge is 0.324 e. The highest BCUT2D eigenvalue weighted by molar-refractivity contribution is 7.89. The van der Waals surface area contributed by atoms with Gasteiger partial charge in [-0.3, -0.25) is 0 Å². The Morgan fingerprint density at radius 3 is 2.40 bits per heavy atom. The van der Waals surface area contributed by atoms with Crippen LogP contribution in [0, 0.1) is 6.92 Å². The monoisotopic (exact) mass is 310 g/mol. The minimum Gasteiger partial charge on any atom is -0.324 e. The minimum absolute atomic E-state index is 0.103. The first-order chi connectivity index (χ1) is 9.40. The average molecular weight is 310 g/mol. The molecule has 0 radical (unpaired) electrons. The van der Waals surface area contributed by atoms with Gasteiger partial charge in [-0.1, -0.05) is 12.1 Å². The van der Waals surface area contributed by atoms with Gasteiger partial charge in [0.25, 0.3) is 0 Å². The van der Waals surface area contributed by atoms with Gasteiger partial charge in [0.1, 0.15) is 0 Å². The molecule has 0 aliphatic rings. The molecule has 0 bridgehead atoms. The predicted octanol–water partition coefficient (Wildman–Crippen LogP) is 2.55. The van der Waals surface area contributed by atoms with E-state index in [9.17, 15) is 8.42 Å². The molecule has 0 aliphatic heterocycles. The molecule has 0 saturated carbocycles. The van der Waals surface area contributed by atoms with Crippen LogP contribution in [-0.4, -0.2) is 8.42 Å². The summed E-state index contributed by atoms with van der Waals surface area (Å²) >= 11 is 1.55. The number of benzene rings is 1. The summed E-state index contributed by atoms with van der Waals surface area (Å²) in [6.45, 7) is 4.15. The average Bonchev–Trinajstić information content (AvgIpc) is 2.82. The fourth-order valence-corrected chi connectivity index (χ4v) is 3.71. The molecule has 0 saturated heterocycles. The van der Waals surface area contributed by atoms with E-state index in [1.165, 1.54) is 0 Å². The van der Waals surface area contributed by atoms with Crippen LogP contribution < -0.4 is 10.5 Å². The lowest BCUT2D eigenvalue weighted by Crippen LogP contribution is -2.23. The Hall–Kier alpha value is -1.21. The van der Waals surface area contributed by atoms with Gasteiger partial charge in [0.05, 0.1) is 4.90 Å². The van der Waals surface area contributed by atoms with Gasteiger partial charge in [-0.2, -0.15) is 0 Å². The van der Waals surface area contributed by atoms with Gasteiger partial charge < -0.3 is 5.73 Å². The van der Waals surface area contributed by atoms with Gasteiger partial charge in [-0.25, -0.2) is 13.1 Å². The second kappa shape index (κ2) is 6.05. The minimum atomic E-state index is -3.48. The maximum Gasteiger partial charge on any atom is 0.240 e. The summed E-state index contributed by atoms with van der Waals surface area (Å²) < 4.78 is 27.0. The summed E-state index contributed by atoms with van der Waals surface area (Å²) in [6, 6.07) is 8.54. The van der Waals surface area contributed by atoms with E-state index in [1.807, 2.05) is 25.3 Å². The molecule has 0 amide bonds. The summed E-state index contributed by atoms with van der Waals surface area (Å²) in [6.07, 6.45) is 0. The fourth-order valence-electron chi connectivity index (χ4n) is 1.78. The zero-order valence-corrected chi connectivity index (χ0v) is 13.1. The summed E-state index contributed by atoms with van der Waals surface area (Å²) in [4.78, 5) is 1.29. The molecule has 1 aromatic carbocycles. The highest BCUT2D eigenvalue weighted by Gasteiger charge is 2.14. The van der Waals surface area contributed by atoms with Gasteiger partial charge in [-0.05, 0) is 48.6 Å². The number of hydrogen-bond acceptors (Lipinski definition) is 4. The predicted molar refractivity (Wildman–Crippen MR) is 82.1 cm³/mol. The Morgan fingerprint density at radius 1 is 1.25 bits per heavy atom. The van der Waals surface area contributed by atoms with E-state index >= 15 is 0 Å². The number of nitrogens with two attached hydrogens (primary N) is 1. The zero-order chi connectivity index (χ0) is 14.8. The Labute approximate surface area is 123 Å². The van der Waals surface area contributed by atoms with Crippen molar-refractivity contribution < 1.29 is 8.42 Å². The highest BCUT2D eigenvalue weighted by atomic mass is 32.2. The summed E-state index contributed by atoms with van der Waals surface area (Å²) in [5.41, 5.74) is 7.77. The lowest BCUT2D eigenvalue weighted by Gasteiger charge is -2.09. The van der Waals surface area contributed by atoms with Crippen LogP contribution in [0.4, 0.5) is 0 Å². The van der Waals surface area contributed by atoms with Gasteiger partial charge in [0.2, 0.25) is 10.0 Å². The Kier molecular flexibility index (Phi) is 4.59. The van der Waals surface area contributed by atoms with Gasteiger partial charge >= 0.3 is 0 Å². The Bertz CT molecular complexity index is 673. The van der Waals surface area contributed by atoms with Crippen molar-refractivity contribution in [2.75, 3.05) is 0 Å². The first-order valence-corrected chi connectivity index (χ1v) is 8.64. The molecule has 3 N–H and O–H groups in total. The Morgan fingerprint density at radius 2 is 1.90 bits per heavy atom. The fraction of sp³-hybridized carbons (Fsp3) is 0.286. The van der Waals surface area contributed by atoms with Crippen LogP contribution in [0.3, 0.4) is 0 Å². The van der Waals surface area contributed by atoms with Crippen LogP contribution in [0.5, 0.6) is 0 Å². The van der Waals surface area contributed by atoms with Crippen LogP contribution >= 0.6 is 11.3 Å². The van der Waals surface area contributed by atoms with Crippen molar-refractivity contribution in [1.82, 2.24) is 4.72 Å². The molecule has 20 heavy (non-hydrogen) atoms. The van der Waals surface area contributed by atoms with Gasteiger partial charge in [-0.15, -0.1) is 11.3 Å². The molecular formula is C14H18N2O2S2. The van der Waals surface area contributed by atoms with Crippen molar-refractivity contribution in [2.45, 2.75) is 31.3 Å². The van der Waals surface area contributed by atoms with Gasteiger partial charge in [0, 0.05) is 17.5 Å². The molecule has 1 heterocycles. The maximum absolute atomic E-state index is 12.2. The molecule has 1 unspecified atom stereocenters. The van der Waals surface area contributed by atoms with Crippen molar-refractivity contribution in [2.24, 2.45) is 5.73 Å². The quantitative estimate of drug-likeness (QED) is 0.891. The van der Waals surface area contributed by atoms with E-state index in [2.05, 4.69) is 4.72 Å². The van der Waals surface area contributed by atoms with E-state index in [4.69, 9.17) is 5.73 Å². The topological polar surface area (TPSA) is 72.2 Å². The van der Waals surface area contributed by atoms with Crippen LogP contribution in [0.15, 0.2) is 40.6 Å². The van der Waals surface area contributed by atoms with Crippen LogP contribution in [0.25, 0.3) is 0 Å². The molecule has 0 spiro atoms. The molecule has 0 fully saturated rings. The van der Waals surface area contributed by atoms with Crippen molar-refractivity contribution in [3.8, 4) is 0 Å². The first kappa shape index (κ1) is 15.2. The van der Waals surface area contributed by atoms with E-state index in [-0.39, 0.29) is 10.9 Å². The SMILES string of the molecule is Cc1ccsc1CNS(=O)(=O)c1ccc(C(C)N)cc1. The lowest BCUT2D eigenvalue weighted by molar-refractivity contribution is 0.581. The maximum atomic E-state index is 12.2. The van der Waals surface area contributed by atoms with E-state index < -0.39 is 10.0 Å². The van der Waals surface area contributed by atoms with Crippen LogP contribution in [0.1, 0.15) is 29.0 Å². The third kappa shape index (κ3) is 3.46. The van der Waals surface area contributed by atoms with Crippen molar-refractivity contribution in [3.63, 3.8) is 0 Å². The molecule has 108 valence electrons. The molecule has 0 aliphatic carbocycles. The van der Waals surface area contributed by atoms with Crippen molar-refractivity contribution in [3.05, 3.63) is 51.7 Å². The third-order valence-corrected chi connectivity index (χ3v) is 5.55. The Balaban J connectivity index is 2.12. The smallest absolute Gasteiger partial charge is 0.240 e. The number of nitrogens with one attached hydrogen (secondary N) is 1. The number of sulfonamides is 1. The number of aryl methyl sites for hydroxylation is 1. The second-order valence-electron chi connectivity index (χ2n) is 4.71. The lowest BCUT2D eigenvalue weighted by atomic mass is 10.1. The normalized spacial score (nSPS) is 13.3. The van der Waals surface area contributed by atoms with E-state index in [0.717, 1.165) is 16.0 Å². The van der Waals surface area contributed by atoms with Crippen molar-refractivity contribution >= 4 is 21.4 Å². The molecule has 2 rings (SSSR count). The van der Waals surface area contributed by atoms with Crippen molar-refractivity contribution in [1.29, 1.82) is 0 Å². The zero-order valence-electron chi connectivity index (χ0n) is 11.5. The number of hydrogen-bond donors (Lipinski definition) is 2. The van der Waals surface area contributed by atoms with Crippen LogP contribution in [-0.2, 0) is 16.6 Å². The molecule has 2 aromatic rings. The summed E-state index contributed by atoms with van der Waals surface area (Å²) in [5, 5.41) is 1.95. The summed E-state index contributed by atoms with van der Waals surface area (Å²) in [5.74, 6) is 0. The summed E-state index contributed by atoms with van der Waals surface area (Å²) in [7, 11) is -3.48. The van der Waals surface area contributed by atoms with Crippen LogP contribution in [0.2, 0.25) is 0 Å². The first-order valence-electron chi connectivity index (χ1n) is 6.28. The molecule has 6 heteroatoms. The standard InChI is InChI=1S/C14H18N2O2S2/c1-10-7-8-19-14(10)9-16-20(17,18)13-5-3-12(4-6-13)11(2)15/h3-8,11,16H,9,15H2,1-2H3. The molecule has 4 nitrogen and oxygen atoms in total. The second-order valence-corrected chi connectivity index (χ2v) is 7.48. The number of thiophene rings is 1. The van der Waals surface area contributed by atoms with E-state index in [1.54, 1.807) is 35.6 Å². The number of rotatable bonds is 5. The molecular weight excluding hydrogens is 292 g/mol. The highest BCUT2D eigenvalue weighted by Crippen LogP contribution is 2.18. The van der Waals surface area contributed by atoms with Gasteiger partial charge in [0.15, 0.2) is 0 Å².